The van der Waals surface area contributed by atoms with E-state index in [4.69, 9.17) is 9.84 Å². The molecule has 0 aliphatic rings. The van der Waals surface area contributed by atoms with Crippen molar-refractivity contribution in [2.24, 2.45) is 0 Å². The Hall–Kier alpha value is -1.91. The molecule has 1 rings (SSSR count). The number of aryl methyl sites for hydroxylation is 1. The molecule has 1 aromatic rings. The van der Waals surface area contributed by atoms with Gasteiger partial charge in [0.25, 0.3) is 0 Å². The number of aromatic nitrogens is 2. The summed E-state index contributed by atoms with van der Waals surface area (Å²) in [5.41, 5.74) is 0.500. The minimum atomic E-state index is -1.03. The van der Waals surface area contributed by atoms with E-state index in [1.165, 1.54) is 6.20 Å². The molecule has 0 spiro atoms. The molecule has 16 heavy (non-hydrogen) atoms. The third kappa shape index (κ3) is 3.34. The molecule has 0 atom stereocenters. The molecule has 0 saturated carbocycles. The van der Waals surface area contributed by atoms with Crippen LogP contribution in [0.4, 0.5) is 0 Å². The van der Waals surface area contributed by atoms with Gasteiger partial charge in [-0.1, -0.05) is 6.08 Å². The van der Waals surface area contributed by atoms with Crippen LogP contribution < -0.4 is 4.74 Å². The highest BCUT2D eigenvalue weighted by atomic mass is 16.5. The molecule has 1 N–H and O–H groups in total. The lowest BCUT2D eigenvalue weighted by molar-refractivity contribution is 0.0695. The number of carbonyl (C=O) groups is 1. The van der Waals surface area contributed by atoms with Crippen LogP contribution in [0.2, 0.25) is 0 Å². The maximum absolute atomic E-state index is 10.7. The Bertz CT molecular complexity index is 391. The van der Waals surface area contributed by atoms with Crippen LogP contribution in [0, 0.1) is 6.92 Å². The summed E-state index contributed by atoms with van der Waals surface area (Å²) in [6, 6.07) is 0.214. The van der Waals surface area contributed by atoms with Gasteiger partial charge in [0.05, 0.1) is 17.9 Å². The van der Waals surface area contributed by atoms with E-state index in [1.807, 2.05) is 6.08 Å². The first-order valence-electron chi connectivity index (χ1n) is 4.95. The first-order chi connectivity index (χ1) is 7.65. The van der Waals surface area contributed by atoms with E-state index in [-0.39, 0.29) is 11.6 Å². The molecule has 0 bridgehead atoms. The molecule has 0 saturated heterocycles. The average Bonchev–Trinajstić information content (AvgIpc) is 2.24. The monoisotopic (exact) mass is 222 g/mol. The lowest BCUT2D eigenvalue weighted by Gasteiger charge is -2.05. The summed E-state index contributed by atoms with van der Waals surface area (Å²) in [6.45, 7) is 5.71. The van der Waals surface area contributed by atoms with Crippen molar-refractivity contribution in [2.45, 2.75) is 19.8 Å². The molecular formula is C11H14N2O3. The van der Waals surface area contributed by atoms with E-state index in [2.05, 4.69) is 16.5 Å². The molecule has 0 aliphatic heterocycles. The Morgan fingerprint density at radius 1 is 1.69 bits per heavy atom. The zero-order chi connectivity index (χ0) is 12.0. The first kappa shape index (κ1) is 12.2. The Labute approximate surface area is 93.8 Å². The van der Waals surface area contributed by atoms with Crippen LogP contribution in [-0.4, -0.2) is 27.7 Å². The molecule has 1 heterocycles. The molecule has 0 radical (unpaired) electrons. The number of hydrogen-bond donors (Lipinski definition) is 1. The summed E-state index contributed by atoms with van der Waals surface area (Å²) in [5, 5.41) is 8.77. The van der Waals surface area contributed by atoms with Crippen LogP contribution >= 0.6 is 0 Å². The fourth-order valence-corrected chi connectivity index (χ4v) is 1.12. The predicted molar refractivity (Wildman–Crippen MR) is 58.7 cm³/mol. The standard InChI is InChI=1S/C11H14N2O3/c1-3-4-5-6-16-11-12-7-9(10(14)15)8(2)13-11/h3,7H,1,4-6H2,2H3,(H,14,15). The Balaban J connectivity index is 2.59. The van der Waals surface area contributed by atoms with E-state index < -0.39 is 5.97 Å². The van der Waals surface area contributed by atoms with Crippen molar-refractivity contribution in [1.29, 1.82) is 0 Å². The number of nitrogens with zero attached hydrogens (tertiary/aromatic N) is 2. The third-order valence-electron chi connectivity index (χ3n) is 1.97. The minimum absolute atomic E-state index is 0.0958. The molecule has 1 aromatic heterocycles. The van der Waals surface area contributed by atoms with Crippen molar-refractivity contribution in [3.05, 3.63) is 30.1 Å². The Morgan fingerprint density at radius 3 is 3.00 bits per heavy atom. The van der Waals surface area contributed by atoms with Crippen LogP contribution in [0.1, 0.15) is 28.9 Å². The second-order valence-electron chi connectivity index (χ2n) is 3.24. The van der Waals surface area contributed by atoms with E-state index in [0.717, 1.165) is 12.8 Å². The van der Waals surface area contributed by atoms with Gasteiger partial charge in [0.1, 0.15) is 0 Å². The molecule has 0 aromatic carbocycles. The normalized spacial score (nSPS) is 9.81. The number of unbranched alkanes of at least 4 members (excludes halogenated alkanes) is 1. The molecular weight excluding hydrogens is 208 g/mol. The summed E-state index contributed by atoms with van der Waals surface area (Å²) < 4.78 is 5.26. The van der Waals surface area contributed by atoms with Gasteiger partial charge in [-0.15, -0.1) is 6.58 Å². The van der Waals surface area contributed by atoms with E-state index in [9.17, 15) is 4.79 Å². The highest BCUT2D eigenvalue weighted by Crippen LogP contribution is 2.09. The third-order valence-corrected chi connectivity index (χ3v) is 1.97. The number of aromatic carboxylic acids is 1. The van der Waals surface area contributed by atoms with Gasteiger partial charge in [-0.2, -0.15) is 4.98 Å². The highest BCUT2D eigenvalue weighted by Gasteiger charge is 2.10. The highest BCUT2D eigenvalue weighted by molar-refractivity contribution is 5.88. The van der Waals surface area contributed by atoms with E-state index >= 15 is 0 Å². The zero-order valence-electron chi connectivity index (χ0n) is 9.14. The van der Waals surface area contributed by atoms with Crippen molar-refractivity contribution in [3.8, 4) is 6.01 Å². The second kappa shape index (κ2) is 5.85. The van der Waals surface area contributed by atoms with Crippen molar-refractivity contribution >= 4 is 5.97 Å². The van der Waals surface area contributed by atoms with Gasteiger partial charge in [0, 0.05) is 6.20 Å². The van der Waals surface area contributed by atoms with Crippen molar-refractivity contribution in [2.75, 3.05) is 6.61 Å². The lowest BCUT2D eigenvalue weighted by Crippen LogP contribution is -2.06. The van der Waals surface area contributed by atoms with Crippen LogP contribution in [-0.2, 0) is 0 Å². The molecule has 0 aliphatic carbocycles. The van der Waals surface area contributed by atoms with Gasteiger partial charge in [-0.25, -0.2) is 9.78 Å². The molecule has 0 fully saturated rings. The maximum atomic E-state index is 10.7. The lowest BCUT2D eigenvalue weighted by atomic mass is 10.2. The first-order valence-corrected chi connectivity index (χ1v) is 4.95. The van der Waals surface area contributed by atoms with Crippen LogP contribution in [0.5, 0.6) is 6.01 Å². The fourth-order valence-electron chi connectivity index (χ4n) is 1.12. The number of rotatable bonds is 6. The van der Waals surface area contributed by atoms with Crippen molar-refractivity contribution in [1.82, 2.24) is 9.97 Å². The fraction of sp³-hybridized carbons (Fsp3) is 0.364. The number of carboxylic acids is 1. The molecule has 0 amide bonds. The minimum Gasteiger partial charge on any atom is -0.478 e. The van der Waals surface area contributed by atoms with Crippen LogP contribution in [0.15, 0.2) is 18.9 Å². The van der Waals surface area contributed by atoms with Gasteiger partial charge < -0.3 is 9.84 Å². The summed E-state index contributed by atoms with van der Waals surface area (Å²) in [7, 11) is 0. The quantitative estimate of drug-likeness (QED) is 0.587. The molecule has 0 unspecified atom stereocenters. The Kier molecular flexibility index (Phi) is 4.44. The van der Waals surface area contributed by atoms with Crippen molar-refractivity contribution < 1.29 is 14.6 Å². The topological polar surface area (TPSA) is 72.3 Å². The predicted octanol–water partition coefficient (Wildman–Crippen LogP) is 1.83. The van der Waals surface area contributed by atoms with Gasteiger partial charge in [0.15, 0.2) is 0 Å². The number of carboxylic acid groups (broad SMARTS) is 1. The SMILES string of the molecule is C=CCCCOc1ncc(C(=O)O)c(C)n1. The van der Waals surface area contributed by atoms with E-state index in [0.29, 0.717) is 12.3 Å². The molecule has 5 nitrogen and oxygen atoms in total. The number of ether oxygens (including phenoxy) is 1. The van der Waals surface area contributed by atoms with E-state index in [1.54, 1.807) is 6.92 Å². The van der Waals surface area contributed by atoms with Gasteiger partial charge in [-0.3, -0.25) is 0 Å². The van der Waals surface area contributed by atoms with Gasteiger partial charge in [0.2, 0.25) is 0 Å². The van der Waals surface area contributed by atoms with Crippen LogP contribution in [0.3, 0.4) is 0 Å². The Morgan fingerprint density at radius 2 is 2.44 bits per heavy atom. The van der Waals surface area contributed by atoms with Crippen molar-refractivity contribution in [3.63, 3.8) is 0 Å². The summed E-state index contributed by atoms with van der Waals surface area (Å²) in [6.07, 6.45) is 4.77. The maximum Gasteiger partial charge on any atom is 0.339 e. The largest absolute Gasteiger partial charge is 0.478 e. The smallest absolute Gasteiger partial charge is 0.339 e. The zero-order valence-corrected chi connectivity index (χ0v) is 9.14. The number of hydrogen-bond acceptors (Lipinski definition) is 4. The average molecular weight is 222 g/mol. The van der Waals surface area contributed by atoms with Gasteiger partial charge >= 0.3 is 12.0 Å². The summed E-state index contributed by atoms with van der Waals surface area (Å²) in [5.74, 6) is -1.03. The second-order valence-corrected chi connectivity index (χ2v) is 3.24. The molecule has 5 heteroatoms. The number of allylic oxidation sites excluding steroid dienone is 1. The van der Waals surface area contributed by atoms with Crippen LogP contribution in [0.25, 0.3) is 0 Å². The summed E-state index contributed by atoms with van der Waals surface area (Å²) >= 11 is 0. The molecule has 86 valence electrons. The van der Waals surface area contributed by atoms with Gasteiger partial charge in [-0.05, 0) is 19.8 Å². The summed E-state index contributed by atoms with van der Waals surface area (Å²) in [4.78, 5) is 18.5.